The molecule has 5 aliphatic rings. The van der Waals surface area contributed by atoms with E-state index in [0.717, 1.165) is 36.7 Å². The molecule has 5 rings (SSSR count). The van der Waals surface area contributed by atoms with Gasteiger partial charge >= 0.3 is 0 Å². The highest BCUT2D eigenvalue weighted by Crippen LogP contribution is 2.67. The van der Waals surface area contributed by atoms with E-state index in [1.165, 1.54) is 70.6 Å². The highest BCUT2D eigenvalue weighted by Gasteiger charge is 2.62. The van der Waals surface area contributed by atoms with Gasteiger partial charge in [-0.25, -0.2) is 0 Å². The van der Waals surface area contributed by atoms with Gasteiger partial charge in [-0.15, -0.1) is 0 Å². The van der Waals surface area contributed by atoms with Crippen LogP contribution >= 0.6 is 0 Å². The van der Waals surface area contributed by atoms with E-state index in [4.69, 9.17) is 4.74 Å². The first-order chi connectivity index (χ1) is 13.4. The number of aliphatic hydroxyl groups excluding tert-OH is 1. The lowest BCUT2D eigenvalue weighted by Gasteiger charge is -2.59. The highest BCUT2D eigenvalue weighted by atomic mass is 16.5. The third-order valence-electron chi connectivity index (χ3n) is 10.4. The number of aliphatic hydroxyl groups is 1. The minimum absolute atomic E-state index is 0.0694. The van der Waals surface area contributed by atoms with Crippen LogP contribution in [0, 0.1) is 34.5 Å². The third kappa shape index (κ3) is 2.73. The molecule has 8 atom stereocenters. The lowest BCUT2D eigenvalue weighted by molar-refractivity contribution is -0.0941. The van der Waals surface area contributed by atoms with Gasteiger partial charge in [0.05, 0.1) is 11.7 Å². The van der Waals surface area contributed by atoms with Crippen LogP contribution in [0.5, 0.6) is 0 Å². The molecule has 1 N–H and O–H groups in total. The van der Waals surface area contributed by atoms with Crippen LogP contribution in [0.15, 0.2) is 11.6 Å². The number of unbranched alkanes of at least 4 members (excludes halogenated alkanes) is 1. The van der Waals surface area contributed by atoms with Crippen LogP contribution in [-0.4, -0.2) is 23.4 Å². The van der Waals surface area contributed by atoms with E-state index >= 15 is 0 Å². The van der Waals surface area contributed by atoms with E-state index in [9.17, 15) is 5.11 Å². The fourth-order valence-corrected chi connectivity index (χ4v) is 8.82. The van der Waals surface area contributed by atoms with Gasteiger partial charge in [0.25, 0.3) is 0 Å². The Balaban J connectivity index is 1.44. The maximum atomic E-state index is 11.0. The molecule has 158 valence electrons. The average Bonchev–Trinajstić information content (AvgIpc) is 3.23. The first kappa shape index (κ1) is 19.6. The molecular weight excluding hydrogens is 344 g/mol. The molecule has 0 amide bonds. The summed E-state index contributed by atoms with van der Waals surface area (Å²) in [5.41, 5.74) is 2.50. The van der Waals surface area contributed by atoms with E-state index in [1.807, 2.05) is 0 Å². The number of rotatable bonds is 3. The predicted octanol–water partition coefficient (Wildman–Crippen LogP) is 6.28. The Labute approximate surface area is 172 Å². The van der Waals surface area contributed by atoms with Crippen molar-refractivity contribution in [3.8, 4) is 0 Å². The first-order valence-corrected chi connectivity index (χ1v) is 12.4. The second-order valence-electron chi connectivity index (χ2n) is 11.7. The first-order valence-electron chi connectivity index (χ1n) is 12.4. The van der Waals surface area contributed by atoms with Gasteiger partial charge < -0.3 is 9.84 Å². The van der Waals surface area contributed by atoms with Gasteiger partial charge in [-0.2, -0.15) is 0 Å². The molecular formula is C26H42O2. The fraction of sp³-hybridized carbons (Fsp3) is 0.923. The Morgan fingerprint density at radius 1 is 1.18 bits per heavy atom. The van der Waals surface area contributed by atoms with Crippen molar-refractivity contribution in [2.75, 3.05) is 6.61 Å². The number of hydrogen-bond donors (Lipinski definition) is 1. The summed E-state index contributed by atoms with van der Waals surface area (Å²) in [5, 5.41) is 11.0. The van der Waals surface area contributed by atoms with E-state index in [2.05, 4.69) is 26.8 Å². The van der Waals surface area contributed by atoms with Crippen LogP contribution in [0.2, 0.25) is 0 Å². The van der Waals surface area contributed by atoms with Crippen LogP contribution in [0.4, 0.5) is 0 Å². The summed E-state index contributed by atoms with van der Waals surface area (Å²) in [6, 6.07) is 0. The van der Waals surface area contributed by atoms with Crippen molar-refractivity contribution in [1.82, 2.24) is 0 Å². The highest BCUT2D eigenvalue weighted by molar-refractivity contribution is 5.28. The summed E-state index contributed by atoms with van der Waals surface area (Å²) < 4.78 is 6.30. The zero-order chi connectivity index (χ0) is 19.6. The van der Waals surface area contributed by atoms with Crippen molar-refractivity contribution in [3.63, 3.8) is 0 Å². The van der Waals surface area contributed by atoms with E-state index < -0.39 is 0 Å². The molecule has 2 nitrogen and oxygen atoms in total. The van der Waals surface area contributed by atoms with Gasteiger partial charge in [-0.3, -0.25) is 0 Å². The lowest BCUT2D eigenvalue weighted by Crippen LogP contribution is -2.53. The normalized spacial score (nSPS) is 52.9. The van der Waals surface area contributed by atoms with Crippen molar-refractivity contribution >= 4 is 0 Å². The van der Waals surface area contributed by atoms with E-state index in [1.54, 1.807) is 5.57 Å². The SMILES string of the molecule is CCCC[C@H]1CC(O)[C@@]2(C)CCC3C(CC=C4CC5(CCCO5)CCC43C)C12. The van der Waals surface area contributed by atoms with Gasteiger partial charge in [-0.05, 0) is 92.3 Å². The molecule has 6 unspecified atom stereocenters. The van der Waals surface area contributed by atoms with Crippen LogP contribution in [-0.2, 0) is 4.74 Å². The van der Waals surface area contributed by atoms with Gasteiger partial charge in [0.2, 0.25) is 0 Å². The third-order valence-corrected chi connectivity index (χ3v) is 10.4. The van der Waals surface area contributed by atoms with Gasteiger partial charge in [0, 0.05) is 6.61 Å². The zero-order valence-electron chi connectivity index (χ0n) is 18.5. The maximum Gasteiger partial charge on any atom is 0.0720 e. The number of ether oxygens (including phenoxy) is 1. The van der Waals surface area contributed by atoms with E-state index in [-0.39, 0.29) is 17.1 Å². The van der Waals surface area contributed by atoms with Crippen LogP contribution < -0.4 is 0 Å². The minimum Gasteiger partial charge on any atom is -0.393 e. The standard InChI is InChI=1S/C26H42O2/c1-4-5-7-18-16-22(27)25(3)12-10-21-20(23(18)25)9-8-19-17-26(11-6-15-28-26)14-13-24(19,21)2/h8,18,20-23,27H,4-7,9-17H2,1-3H3/t18-,20?,21?,22?,23?,24?,25+,26?/m0/s1. The molecule has 2 heteroatoms. The quantitative estimate of drug-likeness (QED) is 0.579. The van der Waals surface area contributed by atoms with E-state index in [0.29, 0.717) is 5.41 Å². The molecule has 4 fully saturated rings. The second-order valence-corrected chi connectivity index (χ2v) is 11.7. The Morgan fingerprint density at radius 2 is 2.04 bits per heavy atom. The molecule has 0 aromatic carbocycles. The summed E-state index contributed by atoms with van der Waals surface area (Å²) in [6.07, 6.45) is 17.8. The van der Waals surface area contributed by atoms with Crippen LogP contribution in [0.25, 0.3) is 0 Å². The lowest BCUT2D eigenvalue weighted by atomic mass is 9.46. The minimum atomic E-state index is -0.0694. The second kappa shape index (κ2) is 6.84. The molecule has 1 saturated heterocycles. The molecule has 0 aromatic heterocycles. The molecule has 4 aliphatic carbocycles. The number of allylic oxidation sites excluding steroid dienone is 1. The molecule has 1 aliphatic heterocycles. The van der Waals surface area contributed by atoms with Crippen molar-refractivity contribution in [1.29, 1.82) is 0 Å². The monoisotopic (exact) mass is 386 g/mol. The van der Waals surface area contributed by atoms with Crippen molar-refractivity contribution in [2.24, 2.45) is 34.5 Å². The molecule has 0 aromatic rings. The molecule has 0 bridgehead atoms. The Bertz CT molecular complexity index is 632. The summed E-state index contributed by atoms with van der Waals surface area (Å²) >= 11 is 0. The molecule has 28 heavy (non-hydrogen) atoms. The summed E-state index contributed by atoms with van der Waals surface area (Å²) in [4.78, 5) is 0. The largest absolute Gasteiger partial charge is 0.393 e. The average molecular weight is 387 g/mol. The molecule has 0 radical (unpaired) electrons. The summed E-state index contributed by atoms with van der Waals surface area (Å²) in [6.45, 7) is 8.34. The van der Waals surface area contributed by atoms with Crippen LogP contribution in [0.3, 0.4) is 0 Å². The smallest absolute Gasteiger partial charge is 0.0720 e. The number of fused-ring (bicyclic) bond motifs is 5. The summed E-state index contributed by atoms with van der Waals surface area (Å²) in [7, 11) is 0. The Morgan fingerprint density at radius 3 is 2.79 bits per heavy atom. The van der Waals surface area contributed by atoms with Gasteiger partial charge in [0.15, 0.2) is 0 Å². The number of hydrogen-bond acceptors (Lipinski definition) is 2. The van der Waals surface area contributed by atoms with Gasteiger partial charge in [0.1, 0.15) is 0 Å². The van der Waals surface area contributed by atoms with Crippen molar-refractivity contribution in [2.45, 2.75) is 110 Å². The van der Waals surface area contributed by atoms with Crippen molar-refractivity contribution in [3.05, 3.63) is 11.6 Å². The topological polar surface area (TPSA) is 29.5 Å². The molecule has 3 saturated carbocycles. The Hall–Kier alpha value is -0.340. The maximum absolute atomic E-state index is 11.0. The Kier molecular flexibility index (Phi) is 4.79. The summed E-state index contributed by atoms with van der Waals surface area (Å²) in [5.74, 6) is 3.12. The zero-order valence-corrected chi connectivity index (χ0v) is 18.5. The van der Waals surface area contributed by atoms with Gasteiger partial charge in [-0.1, -0.05) is 51.7 Å². The predicted molar refractivity (Wildman–Crippen MR) is 114 cm³/mol. The molecule has 1 heterocycles. The molecule has 1 spiro atoms. The van der Waals surface area contributed by atoms with Crippen LogP contribution in [0.1, 0.15) is 97.8 Å². The van der Waals surface area contributed by atoms with Crippen molar-refractivity contribution < 1.29 is 9.84 Å². The fourth-order valence-electron chi connectivity index (χ4n) is 8.82.